The van der Waals surface area contributed by atoms with Crippen LogP contribution in [0.2, 0.25) is 0 Å². The number of rotatable bonds is 7. The van der Waals surface area contributed by atoms with E-state index in [2.05, 4.69) is 99.6 Å². The molecule has 0 heterocycles. The summed E-state index contributed by atoms with van der Waals surface area (Å²) in [5.74, 6) is 0. The monoisotopic (exact) mass is 508 g/mol. The molecule has 4 nitrogen and oxygen atoms in total. The zero-order valence-corrected chi connectivity index (χ0v) is 23.1. The van der Waals surface area contributed by atoms with Crippen molar-refractivity contribution in [1.29, 1.82) is 5.26 Å². The maximum atomic E-state index is 9.35. The van der Waals surface area contributed by atoms with Gasteiger partial charge in [-0.05, 0) is 75.7 Å². The zero-order valence-electron chi connectivity index (χ0n) is 23.1. The molecular formula is C35H32N4. The van der Waals surface area contributed by atoms with E-state index in [1.54, 1.807) is 0 Å². The molecule has 0 atom stereocenters. The van der Waals surface area contributed by atoms with Crippen LogP contribution in [0.5, 0.6) is 0 Å². The van der Waals surface area contributed by atoms with E-state index in [0.29, 0.717) is 5.57 Å². The first kappa shape index (κ1) is 27.0. The Kier molecular flexibility index (Phi) is 8.30. The molecule has 0 N–H and O–H groups in total. The molecule has 0 saturated heterocycles. The van der Waals surface area contributed by atoms with Crippen molar-refractivity contribution in [3.8, 4) is 6.07 Å². The van der Waals surface area contributed by atoms with Gasteiger partial charge in [0.25, 0.3) is 5.70 Å². The number of nitrogens with zero attached hydrogens (tertiary/aromatic N) is 4. The van der Waals surface area contributed by atoms with E-state index in [1.807, 2.05) is 59.4 Å². The lowest BCUT2D eigenvalue weighted by Crippen LogP contribution is -2.09. The molecule has 0 amide bonds. The van der Waals surface area contributed by atoms with Crippen LogP contribution < -0.4 is 9.80 Å². The van der Waals surface area contributed by atoms with Crippen LogP contribution in [0.4, 0.5) is 11.4 Å². The third kappa shape index (κ3) is 5.93. The largest absolute Gasteiger partial charge is 0.378 e. The maximum Gasteiger partial charge on any atom is 0.265 e. The Balaban J connectivity index is 2.01. The molecule has 0 aliphatic carbocycles. The van der Waals surface area contributed by atoms with Crippen LogP contribution in [-0.2, 0) is 0 Å². The second kappa shape index (κ2) is 12.0. The molecule has 0 aliphatic rings. The first-order valence-corrected chi connectivity index (χ1v) is 12.8. The number of hydrogen-bond donors (Lipinski definition) is 0. The highest BCUT2D eigenvalue weighted by atomic mass is 15.1. The van der Waals surface area contributed by atoms with Gasteiger partial charge in [0.1, 0.15) is 0 Å². The summed E-state index contributed by atoms with van der Waals surface area (Å²) >= 11 is 0. The topological polar surface area (TPSA) is 34.6 Å². The second-order valence-corrected chi connectivity index (χ2v) is 9.77. The average molecular weight is 509 g/mol. The molecule has 0 spiro atoms. The molecule has 4 aromatic carbocycles. The number of benzene rings is 4. The minimum absolute atomic E-state index is 0.115. The van der Waals surface area contributed by atoms with Crippen LogP contribution in [-0.4, -0.2) is 28.2 Å². The molecule has 0 unspecified atom stereocenters. The lowest BCUT2D eigenvalue weighted by molar-refractivity contribution is 1.13. The van der Waals surface area contributed by atoms with Gasteiger partial charge in [-0.1, -0.05) is 78.9 Å². The van der Waals surface area contributed by atoms with Gasteiger partial charge in [0.05, 0.1) is 12.6 Å². The van der Waals surface area contributed by atoms with Gasteiger partial charge in [0.15, 0.2) is 0 Å². The zero-order chi connectivity index (χ0) is 27.9. The molecule has 0 aliphatic heterocycles. The van der Waals surface area contributed by atoms with Gasteiger partial charge in [-0.15, -0.1) is 0 Å². The van der Waals surface area contributed by atoms with E-state index in [9.17, 15) is 5.26 Å². The quantitative estimate of drug-likeness (QED) is 0.144. The SMILES string of the molecule is [C-]#[N+]/C(C#N)=C(/C)c1ccc(C(=C(c2ccc(N(C)C)cc2)c2ccc(N(C)C)cc2)c2ccccc2)cc1. The number of hydrogen-bond acceptors (Lipinski definition) is 3. The summed E-state index contributed by atoms with van der Waals surface area (Å²) in [5.41, 5.74) is 10.6. The molecule has 0 radical (unpaired) electrons. The lowest BCUT2D eigenvalue weighted by Gasteiger charge is -2.20. The van der Waals surface area contributed by atoms with E-state index in [4.69, 9.17) is 6.57 Å². The summed E-state index contributed by atoms with van der Waals surface area (Å²) in [5, 5.41) is 9.35. The molecule has 4 rings (SSSR count). The maximum absolute atomic E-state index is 9.35. The number of allylic oxidation sites excluding steroid dienone is 2. The van der Waals surface area contributed by atoms with Gasteiger partial charge in [-0.2, -0.15) is 0 Å². The normalized spacial score (nSPS) is 11.1. The van der Waals surface area contributed by atoms with Crippen LogP contribution in [0, 0.1) is 17.9 Å². The van der Waals surface area contributed by atoms with Gasteiger partial charge >= 0.3 is 0 Å². The minimum atomic E-state index is 0.115. The standard InChI is InChI=1S/C35H32N4/c1-25(33(24-36)37-2)26-12-14-28(15-13-26)34(27-10-8-7-9-11-27)35(29-16-20-31(21-17-29)38(3)4)30-18-22-32(23-19-30)39(5)6/h7-23H,1,3-6H3/b33-25-. The van der Waals surface area contributed by atoms with Crippen LogP contribution in [0.25, 0.3) is 21.6 Å². The molecule has 0 bridgehead atoms. The van der Waals surface area contributed by atoms with E-state index in [1.165, 1.54) is 0 Å². The first-order chi connectivity index (χ1) is 18.8. The van der Waals surface area contributed by atoms with Crippen LogP contribution >= 0.6 is 0 Å². The predicted molar refractivity (Wildman–Crippen MR) is 164 cm³/mol. The highest BCUT2D eigenvalue weighted by molar-refractivity contribution is 6.04. The van der Waals surface area contributed by atoms with Crippen molar-refractivity contribution in [2.24, 2.45) is 0 Å². The van der Waals surface area contributed by atoms with Crippen molar-refractivity contribution in [2.45, 2.75) is 6.92 Å². The Labute approximate surface area is 232 Å². The van der Waals surface area contributed by atoms with Crippen molar-refractivity contribution < 1.29 is 0 Å². The fourth-order valence-corrected chi connectivity index (χ4v) is 4.58. The summed E-state index contributed by atoms with van der Waals surface area (Å²) in [4.78, 5) is 7.59. The third-order valence-corrected chi connectivity index (χ3v) is 6.84. The van der Waals surface area contributed by atoms with Crippen molar-refractivity contribution in [1.82, 2.24) is 0 Å². The highest BCUT2D eigenvalue weighted by Crippen LogP contribution is 2.38. The van der Waals surface area contributed by atoms with E-state index in [0.717, 1.165) is 50.3 Å². The van der Waals surface area contributed by atoms with Crippen molar-refractivity contribution in [3.63, 3.8) is 0 Å². The molecule has 0 fully saturated rings. The summed E-state index contributed by atoms with van der Waals surface area (Å²) in [7, 11) is 8.19. The lowest BCUT2D eigenvalue weighted by atomic mass is 9.85. The third-order valence-electron chi connectivity index (χ3n) is 6.84. The summed E-state index contributed by atoms with van der Waals surface area (Å²) < 4.78 is 0. The molecule has 0 aromatic heterocycles. The Bertz CT molecular complexity index is 1510. The molecule has 4 heteroatoms. The minimum Gasteiger partial charge on any atom is -0.378 e. The second-order valence-electron chi connectivity index (χ2n) is 9.77. The Hall–Kier alpha value is -5.06. The van der Waals surface area contributed by atoms with Crippen LogP contribution in [0.3, 0.4) is 0 Å². The predicted octanol–water partition coefficient (Wildman–Crippen LogP) is 8.00. The van der Waals surface area contributed by atoms with Gasteiger partial charge < -0.3 is 9.80 Å². The van der Waals surface area contributed by atoms with E-state index in [-0.39, 0.29) is 5.70 Å². The fourth-order valence-electron chi connectivity index (χ4n) is 4.58. The van der Waals surface area contributed by atoms with Crippen LogP contribution in [0.15, 0.2) is 109 Å². The summed E-state index contributed by atoms with van der Waals surface area (Å²) in [6, 6.07) is 38.0. The Morgan fingerprint density at radius 1 is 0.590 bits per heavy atom. The molecule has 0 saturated carbocycles. The van der Waals surface area contributed by atoms with Crippen molar-refractivity contribution in [3.05, 3.63) is 148 Å². The van der Waals surface area contributed by atoms with Crippen molar-refractivity contribution in [2.75, 3.05) is 38.0 Å². The van der Waals surface area contributed by atoms with Gasteiger partial charge in [-0.3, -0.25) is 0 Å². The summed E-state index contributed by atoms with van der Waals surface area (Å²) in [6.45, 7) is 9.15. The average Bonchev–Trinajstić information content (AvgIpc) is 2.97. The van der Waals surface area contributed by atoms with E-state index >= 15 is 0 Å². The molecule has 39 heavy (non-hydrogen) atoms. The summed E-state index contributed by atoms with van der Waals surface area (Å²) in [6.07, 6.45) is 0. The van der Waals surface area contributed by atoms with Crippen LogP contribution in [0.1, 0.15) is 34.7 Å². The highest BCUT2D eigenvalue weighted by Gasteiger charge is 2.17. The van der Waals surface area contributed by atoms with Gasteiger partial charge in [0, 0.05) is 39.6 Å². The molecular weight excluding hydrogens is 476 g/mol. The molecule has 4 aromatic rings. The number of nitriles is 1. The first-order valence-electron chi connectivity index (χ1n) is 12.8. The van der Waals surface area contributed by atoms with Crippen molar-refractivity contribution >= 4 is 28.1 Å². The van der Waals surface area contributed by atoms with Gasteiger partial charge in [0.2, 0.25) is 0 Å². The van der Waals surface area contributed by atoms with Gasteiger partial charge in [-0.25, -0.2) is 10.1 Å². The van der Waals surface area contributed by atoms with E-state index < -0.39 is 0 Å². The smallest absolute Gasteiger partial charge is 0.265 e. The Morgan fingerprint density at radius 3 is 1.31 bits per heavy atom. The molecule has 192 valence electrons. The fraction of sp³-hybridized carbons (Fsp3) is 0.143. The number of anilines is 2. The Morgan fingerprint density at radius 2 is 0.949 bits per heavy atom.